The molecule has 0 bridgehead atoms. The molecule has 0 saturated heterocycles. The molecule has 4 nitrogen and oxygen atoms in total. The third-order valence-electron chi connectivity index (χ3n) is 2.01. The van der Waals surface area contributed by atoms with Crippen LogP contribution in [-0.4, -0.2) is 22.2 Å². The molecule has 0 aliphatic carbocycles. The van der Waals surface area contributed by atoms with Crippen LogP contribution in [0.25, 0.3) is 0 Å². The van der Waals surface area contributed by atoms with Gasteiger partial charge in [0.1, 0.15) is 0 Å². The Morgan fingerprint density at radius 3 is 2.31 bits per heavy atom. The molecule has 0 amide bonds. The smallest absolute Gasteiger partial charge is 0.311 e. The first-order valence-corrected chi connectivity index (χ1v) is 5.07. The molecular formula is C10H8Cl2O4. The minimum absolute atomic E-state index is 0.154. The molecule has 0 aliphatic heterocycles. The van der Waals surface area contributed by atoms with Gasteiger partial charge in [-0.2, -0.15) is 0 Å². The van der Waals surface area contributed by atoms with Gasteiger partial charge in [0.05, 0.1) is 12.3 Å². The Kier molecular flexibility index (Phi) is 4.15. The van der Waals surface area contributed by atoms with Gasteiger partial charge in [-0.05, 0) is 17.7 Å². The van der Waals surface area contributed by atoms with Gasteiger partial charge in [-0.15, -0.1) is 0 Å². The standard InChI is InChI=1S/C10H8Cl2O4/c11-5-1-2-6(8(12)3-5)7(10(15)16)4-9(13)14/h1-3,7H,4H2,(H,13,14)(H,15,16)/t7-/m0/s1. The number of hydrogen-bond acceptors (Lipinski definition) is 2. The summed E-state index contributed by atoms with van der Waals surface area (Å²) in [7, 11) is 0. The van der Waals surface area contributed by atoms with E-state index in [2.05, 4.69) is 0 Å². The molecule has 1 aromatic rings. The SMILES string of the molecule is O=C(O)C[C@H](C(=O)O)c1ccc(Cl)cc1Cl. The van der Waals surface area contributed by atoms with Gasteiger partial charge in [0.25, 0.3) is 0 Å². The third-order valence-corrected chi connectivity index (χ3v) is 2.58. The maximum atomic E-state index is 10.9. The van der Waals surface area contributed by atoms with Crippen LogP contribution in [0.5, 0.6) is 0 Å². The molecule has 0 aromatic heterocycles. The predicted molar refractivity (Wildman–Crippen MR) is 59.1 cm³/mol. The highest BCUT2D eigenvalue weighted by Crippen LogP contribution is 2.29. The third kappa shape index (κ3) is 3.12. The fourth-order valence-corrected chi connectivity index (χ4v) is 1.83. The molecule has 0 saturated carbocycles. The molecular weight excluding hydrogens is 255 g/mol. The predicted octanol–water partition coefficient (Wildman–Crippen LogP) is 2.64. The van der Waals surface area contributed by atoms with Crippen molar-refractivity contribution < 1.29 is 19.8 Å². The zero-order valence-electron chi connectivity index (χ0n) is 7.98. The number of rotatable bonds is 4. The second-order valence-electron chi connectivity index (χ2n) is 3.15. The summed E-state index contributed by atoms with van der Waals surface area (Å²) in [5.41, 5.74) is 0.251. The molecule has 0 aliphatic rings. The van der Waals surface area contributed by atoms with E-state index < -0.39 is 24.3 Å². The van der Waals surface area contributed by atoms with Crippen molar-refractivity contribution in [3.8, 4) is 0 Å². The molecule has 0 fully saturated rings. The van der Waals surface area contributed by atoms with Gasteiger partial charge in [0, 0.05) is 10.0 Å². The summed E-state index contributed by atoms with van der Waals surface area (Å²) in [6, 6.07) is 4.28. The molecule has 0 radical (unpaired) electrons. The molecule has 0 spiro atoms. The summed E-state index contributed by atoms with van der Waals surface area (Å²) < 4.78 is 0. The van der Waals surface area contributed by atoms with E-state index >= 15 is 0 Å². The van der Waals surface area contributed by atoms with Crippen LogP contribution in [0, 0.1) is 0 Å². The van der Waals surface area contributed by atoms with Gasteiger partial charge in [-0.1, -0.05) is 29.3 Å². The van der Waals surface area contributed by atoms with E-state index in [0.717, 1.165) is 0 Å². The molecule has 0 unspecified atom stereocenters. The number of halogens is 2. The van der Waals surface area contributed by atoms with Crippen molar-refractivity contribution in [2.75, 3.05) is 0 Å². The fraction of sp³-hybridized carbons (Fsp3) is 0.200. The number of aliphatic carboxylic acids is 2. The lowest BCUT2D eigenvalue weighted by Gasteiger charge is -2.12. The van der Waals surface area contributed by atoms with Crippen LogP contribution in [-0.2, 0) is 9.59 Å². The lowest BCUT2D eigenvalue weighted by molar-refractivity contribution is -0.145. The van der Waals surface area contributed by atoms with Crippen molar-refractivity contribution >= 4 is 35.1 Å². The second-order valence-corrected chi connectivity index (χ2v) is 4.00. The maximum Gasteiger partial charge on any atom is 0.311 e. The van der Waals surface area contributed by atoms with Crippen LogP contribution in [0.2, 0.25) is 10.0 Å². The van der Waals surface area contributed by atoms with Gasteiger partial charge >= 0.3 is 11.9 Å². The van der Waals surface area contributed by atoms with E-state index in [1.54, 1.807) is 0 Å². The zero-order chi connectivity index (χ0) is 12.3. The highest BCUT2D eigenvalue weighted by Gasteiger charge is 2.25. The summed E-state index contributed by atoms with van der Waals surface area (Å²) in [6.45, 7) is 0. The Labute approximate surface area is 101 Å². The summed E-state index contributed by atoms with van der Waals surface area (Å²) in [5, 5.41) is 18.0. The Morgan fingerprint density at radius 1 is 1.25 bits per heavy atom. The van der Waals surface area contributed by atoms with Crippen molar-refractivity contribution in [3.63, 3.8) is 0 Å². The first-order valence-electron chi connectivity index (χ1n) is 4.31. The first-order chi connectivity index (χ1) is 7.41. The molecule has 1 rings (SSSR count). The van der Waals surface area contributed by atoms with Crippen molar-refractivity contribution in [2.24, 2.45) is 0 Å². The largest absolute Gasteiger partial charge is 0.481 e. The van der Waals surface area contributed by atoms with Gasteiger partial charge in [0.2, 0.25) is 0 Å². The average molecular weight is 263 g/mol. The van der Waals surface area contributed by atoms with Crippen LogP contribution in [0.15, 0.2) is 18.2 Å². The summed E-state index contributed by atoms with van der Waals surface area (Å²) in [5.74, 6) is -3.59. The van der Waals surface area contributed by atoms with E-state index in [-0.39, 0.29) is 10.6 Å². The second kappa shape index (κ2) is 5.18. The van der Waals surface area contributed by atoms with Gasteiger partial charge in [0.15, 0.2) is 0 Å². The van der Waals surface area contributed by atoms with E-state index in [1.807, 2.05) is 0 Å². The number of carboxylic acid groups (broad SMARTS) is 2. The van der Waals surface area contributed by atoms with Gasteiger partial charge in [-0.25, -0.2) is 0 Å². The number of benzene rings is 1. The molecule has 6 heteroatoms. The van der Waals surface area contributed by atoms with Crippen molar-refractivity contribution in [3.05, 3.63) is 33.8 Å². The minimum atomic E-state index is -1.23. The van der Waals surface area contributed by atoms with E-state index in [1.165, 1.54) is 18.2 Å². The lowest BCUT2D eigenvalue weighted by Crippen LogP contribution is -2.16. The van der Waals surface area contributed by atoms with Crippen molar-refractivity contribution in [2.45, 2.75) is 12.3 Å². The Balaban J connectivity index is 3.10. The van der Waals surface area contributed by atoms with Gasteiger partial charge < -0.3 is 10.2 Å². The average Bonchev–Trinajstić information content (AvgIpc) is 2.14. The van der Waals surface area contributed by atoms with Crippen LogP contribution in [0.1, 0.15) is 17.9 Å². The molecule has 16 heavy (non-hydrogen) atoms. The van der Waals surface area contributed by atoms with E-state index in [4.69, 9.17) is 33.4 Å². The molecule has 1 aromatic carbocycles. The number of carboxylic acids is 2. The van der Waals surface area contributed by atoms with E-state index in [9.17, 15) is 9.59 Å². The van der Waals surface area contributed by atoms with Gasteiger partial charge in [-0.3, -0.25) is 9.59 Å². The quantitative estimate of drug-likeness (QED) is 0.875. The van der Waals surface area contributed by atoms with Crippen LogP contribution in [0.4, 0.5) is 0 Å². The van der Waals surface area contributed by atoms with Crippen LogP contribution < -0.4 is 0 Å². The Morgan fingerprint density at radius 2 is 1.88 bits per heavy atom. The van der Waals surface area contributed by atoms with Crippen LogP contribution in [0.3, 0.4) is 0 Å². The summed E-state index contributed by atoms with van der Waals surface area (Å²) >= 11 is 11.5. The molecule has 2 N–H and O–H groups in total. The van der Waals surface area contributed by atoms with Crippen LogP contribution >= 0.6 is 23.2 Å². The van der Waals surface area contributed by atoms with E-state index in [0.29, 0.717) is 5.02 Å². The number of carbonyl (C=O) groups is 2. The first kappa shape index (κ1) is 12.8. The minimum Gasteiger partial charge on any atom is -0.481 e. The highest BCUT2D eigenvalue weighted by atomic mass is 35.5. The topological polar surface area (TPSA) is 74.6 Å². The summed E-state index contributed by atoms with van der Waals surface area (Å²) in [4.78, 5) is 21.5. The monoisotopic (exact) mass is 262 g/mol. The highest BCUT2D eigenvalue weighted by molar-refractivity contribution is 6.35. The Bertz CT molecular complexity index is 431. The maximum absolute atomic E-state index is 10.9. The lowest BCUT2D eigenvalue weighted by atomic mass is 9.96. The summed E-state index contributed by atoms with van der Waals surface area (Å²) in [6.07, 6.45) is -0.517. The molecule has 0 heterocycles. The zero-order valence-corrected chi connectivity index (χ0v) is 9.50. The normalized spacial score (nSPS) is 12.1. The fourth-order valence-electron chi connectivity index (χ4n) is 1.29. The Hall–Kier alpha value is -1.26. The molecule has 86 valence electrons. The molecule has 1 atom stereocenters. The van der Waals surface area contributed by atoms with Crippen molar-refractivity contribution in [1.82, 2.24) is 0 Å². The number of hydrogen-bond donors (Lipinski definition) is 2. The van der Waals surface area contributed by atoms with Crippen molar-refractivity contribution in [1.29, 1.82) is 0 Å².